The predicted octanol–water partition coefficient (Wildman–Crippen LogP) is 7.46. The Morgan fingerprint density at radius 3 is 2.37 bits per heavy atom. The molecule has 2 aromatic carbocycles. The van der Waals surface area contributed by atoms with E-state index in [9.17, 15) is 4.39 Å². The molecule has 0 unspecified atom stereocenters. The van der Waals surface area contributed by atoms with E-state index in [-0.39, 0.29) is 5.69 Å². The molecule has 1 aromatic heterocycles. The standard InChI is InChI=1S/C23H18FNS2/c24-21-14-19(9-11-22(21)25-15-26)17-5-7-18(8-6-17)23-12-10-20(27-23)13-16-3-1-2-4-16/h1-2,5-12,14,16H,3-4,13H2. The van der Waals surface area contributed by atoms with Crippen LogP contribution in [0.2, 0.25) is 0 Å². The minimum atomic E-state index is -0.391. The average molecular weight is 392 g/mol. The second kappa shape index (κ2) is 8.10. The van der Waals surface area contributed by atoms with Crippen LogP contribution in [0.3, 0.4) is 0 Å². The van der Waals surface area contributed by atoms with Crippen molar-refractivity contribution in [2.24, 2.45) is 10.9 Å². The number of rotatable bonds is 5. The lowest BCUT2D eigenvalue weighted by Crippen LogP contribution is -1.96. The van der Waals surface area contributed by atoms with Crippen molar-refractivity contribution in [2.45, 2.75) is 19.3 Å². The number of thiocarbonyl (C=S) groups is 1. The van der Waals surface area contributed by atoms with Crippen LogP contribution in [-0.2, 0) is 6.42 Å². The zero-order chi connectivity index (χ0) is 18.6. The molecule has 1 aliphatic carbocycles. The van der Waals surface area contributed by atoms with E-state index in [1.54, 1.807) is 6.07 Å². The van der Waals surface area contributed by atoms with E-state index in [1.165, 1.54) is 34.2 Å². The molecule has 4 rings (SSSR count). The molecule has 134 valence electrons. The normalized spacial score (nSPS) is 13.7. The predicted molar refractivity (Wildman–Crippen MR) is 115 cm³/mol. The van der Waals surface area contributed by atoms with Crippen molar-refractivity contribution >= 4 is 34.4 Å². The second-order valence-electron chi connectivity index (χ2n) is 6.73. The Balaban J connectivity index is 1.51. The number of halogens is 1. The summed E-state index contributed by atoms with van der Waals surface area (Å²) in [5, 5.41) is 2.20. The van der Waals surface area contributed by atoms with Crippen LogP contribution in [0.25, 0.3) is 21.6 Å². The van der Waals surface area contributed by atoms with Gasteiger partial charge >= 0.3 is 0 Å². The molecule has 4 heteroatoms. The summed E-state index contributed by atoms with van der Waals surface area (Å²) in [6.45, 7) is 0. The van der Waals surface area contributed by atoms with Crippen molar-refractivity contribution in [1.82, 2.24) is 0 Å². The van der Waals surface area contributed by atoms with Crippen molar-refractivity contribution in [2.75, 3.05) is 0 Å². The van der Waals surface area contributed by atoms with Gasteiger partial charge in [-0.2, -0.15) is 4.99 Å². The monoisotopic (exact) mass is 391 g/mol. The summed E-state index contributed by atoms with van der Waals surface area (Å²) in [7, 11) is 0. The van der Waals surface area contributed by atoms with Crippen LogP contribution in [0.4, 0.5) is 10.1 Å². The van der Waals surface area contributed by atoms with Crippen molar-refractivity contribution in [1.29, 1.82) is 0 Å². The third-order valence-electron chi connectivity index (χ3n) is 4.87. The molecule has 0 fully saturated rings. The van der Waals surface area contributed by atoms with Gasteiger partial charge in [-0.1, -0.05) is 42.5 Å². The van der Waals surface area contributed by atoms with Gasteiger partial charge in [-0.05, 0) is 78.4 Å². The first-order valence-electron chi connectivity index (χ1n) is 8.95. The highest BCUT2D eigenvalue weighted by atomic mass is 32.1. The first-order valence-corrected chi connectivity index (χ1v) is 10.2. The van der Waals surface area contributed by atoms with Gasteiger partial charge in [0, 0.05) is 9.75 Å². The van der Waals surface area contributed by atoms with E-state index >= 15 is 0 Å². The van der Waals surface area contributed by atoms with Crippen molar-refractivity contribution in [3.05, 3.63) is 77.4 Å². The van der Waals surface area contributed by atoms with Gasteiger partial charge in [-0.3, -0.25) is 0 Å². The van der Waals surface area contributed by atoms with Crippen LogP contribution in [0, 0.1) is 11.7 Å². The number of nitrogens with zero attached hydrogens (tertiary/aromatic N) is 1. The number of thiophene rings is 1. The fraction of sp³-hybridized carbons (Fsp3) is 0.174. The molecule has 0 atom stereocenters. The van der Waals surface area contributed by atoms with Gasteiger partial charge in [0.1, 0.15) is 11.5 Å². The number of allylic oxidation sites excluding steroid dienone is 2. The minimum absolute atomic E-state index is 0.217. The molecule has 0 saturated heterocycles. The maximum Gasteiger partial charge on any atom is 0.150 e. The Morgan fingerprint density at radius 2 is 1.67 bits per heavy atom. The topological polar surface area (TPSA) is 12.4 Å². The Kier molecular flexibility index (Phi) is 5.40. The average Bonchev–Trinajstić information content (AvgIpc) is 3.36. The van der Waals surface area contributed by atoms with Crippen molar-refractivity contribution in [3.8, 4) is 21.6 Å². The number of aliphatic imine (C=N–C) groups is 1. The molecule has 0 amide bonds. The lowest BCUT2D eigenvalue weighted by Gasteiger charge is -2.06. The van der Waals surface area contributed by atoms with Crippen LogP contribution in [0.15, 0.2) is 71.7 Å². The Labute approximate surface area is 167 Å². The van der Waals surface area contributed by atoms with Gasteiger partial charge in [0.05, 0.1) is 5.16 Å². The Hall–Kier alpha value is -2.39. The van der Waals surface area contributed by atoms with Gasteiger partial charge in [-0.15, -0.1) is 11.3 Å². The smallest absolute Gasteiger partial charge is 0.150 e. The summed E-state index contributed by atoms with van der Waals surface area (Å²) in [5.41, 5.74) is 3.21. The van der Waals surface area contributed by atoms with Crippen LogP contribution < -0.4 is 0 Å². The molecule has 0 bridgehead atoms. The molecule has 0 saturated carbocycles. The molecule has 1 aliphatic rings. The number of isothiocyanates is 1. The molecule has 1 heterocycles. The molecule has 0 aliphatic heterocycles. The fourth-order valence-electron chi connectivity index (χ4n) is 3.42. The fourth-order valence-corrected chi connectivity index (χ4v) is 4.65. The third kappa shape index (κ3) is 4.14. The highest BCUT2D eigenvalue weighted by molar-refractivity contribution is 7.78. The van der Waals surface area contributed by atoms with Gasteiger partial charge < -0.3 is 0 Å². The van der Waals surface area contributed by atoms with E-state index in [4.69, 9.17) is 0 Å². The molecule has 3 aromatic rings. The van der Waals surface area contributed by atoms with Gasteiger partial charge in [0.15, 0.2) is 0 Å². The summed E-state index contributed by atoms with van der Waals surface area (Å²) in [6, 6.07) is 17.7. The molecule has 0 radical (unpaired) electrons. The number of benzene rings is 2. The van der Waals surface area contributed by atoms with Crippen LogP contribution in [0.5, 0.6) is 0 Å². The summed E-state index contributed by atoms with van der Waals surface area (Å²) in [4.78, 5) is 6.44. The van der Waals surface area contributed by atoms with E-state index < -0.39 is 5.82 Å². The maximum atomic E-state index is 14.1. The Morgan fingerprint density at radius 1 is 0.963 bits per heavy atom. The highest BCUT2D eigenvalue weighted by Crippen LogP contribution is 2.33. The minimum Gasteiger partial charge on any atom is -0.205 e. The van der Waals surface area contributed by atoms with Gasteiger partial charge in [0.25, 0.3) is 0 Å². The van der Waals surface area contributed by atoms with E-state index in [1.807, 2.05) is 29.5 Å². The Bertz CT molecular complexity index is 1020. The molecule has 27 heavy (non-hydrogen) atoms. The van der Waals surface area contributed by atoms with Crippen molar-refractivity contribution < 1.29 is 4.39 Å². The largest absolute Gasteiger partial charge is 0.205 e. The van der Waals surface area contributed by atoms with Crippen LogP contribution in [-0.4, -0.2) is 5.16 Å². The zero-order valence-corrected chi connectivity index (χ0v) is 16.3. The van der Waals surface area contributed by atoms with E-state index in [2.05, 4.69) is 58.8 Å². The molecular formula is C23H18FNS2. The van der Waals surface area contributed by atoms with Crippen molar-refractivity contribution in [3.63, 3.8) is 0 Å². The number of hydrogen-bond donors (Lipinski definition) is 0. The van der Waals surface area contributed by atoms with Crippen LogP contribution in [0.1, 0.15) is 17.7 Å². The molecule has 0 N–H and O–H groups in total. The number of hydrogen-bond acceptors (Lipinski definition) is 3. The molecule has 1 nitrogen and oxygen atoms in total. The van der Waals surface area contributed by atoms with Crippen LogP contribution >= 0.6 is 23.6 Å². The van der Waals surface area contributed by atoms with E-state index in [0.717, 1.165) is 23.5 Å². The summed E-state index contributed by atoms with van der Waals surface area (Å²) < 4.78 is 14.1. The lowest BCUT2D eigenvalue weighted by atomic mass is 10.0. The van der Waals surface area contributed by atoms with E-state index in [0.29, 0.717) is 0 Å². The lowest BCUT2D eigenvalue weighted by molar-refractivity contribution is 0.572. The molecular weight excluding hydrogens is 373 g/mol. The quantitative estimate of drug-likeness (QED) is 0.250. The zero-order valence-electron chi connectivity index (χ0n) is 14.7. The highest BCUT2D eigenvalue weighted by Gasteiger charge is 2.13. The summed E-state index contributed by atoms with van der Waals surface area (Å²) >= 11 is 6.40. The maximum absolute atomic E-state index is 14.1. The molecule has 0 spiro atoms. The first kappa shape index (κ1) is 18.0. The SMILES string of the molecule is Fc1cc(-c2ccc(-c3ccc(CC4CC=CC4)s3)cc2)ccc1N=C=S. The second-order valence-corrected chi connectivity index (χ2v) is 8.08. The van der Waals surface area contributed by atoms with Gasteiger partial charge in [0.2, 0.25) is 0 Å². The third-order valence-corrected chi connectivity index (χ3v) is 6.12. The summed E-state index contributed by atoms with van der Waals surface area (Å²) in [6.07, 6.45) is 8.13. The summed E-state index contributed by atoms with van der Waals surface area (Å²) in [5.74, 6) is 0.373. The van der Waals surface area contributed by atoms with Gasteiger partial charge in [-0.25, -0.2) is 4.39 Å². The first-order chi connectivity index (χ1) is 13.2.